The van der Waals surface area contributed by atoms with Crippen LogP contribution in [-0.4, -0.2) is 18.0 Å². The molecule has 1 atom stereocenters. The van der Waals surface area contributed by atoms with Gasteiger partial charge in [0.2, 0.25) is 5.91 Å². The molecule has 0 saturated heterocycles. The van der Waals surface area contributed by atoms with Crippen molar-refractivity contribution in [1.29, 1.82) is 0 Å². The summed E-state index contributed by atoms with van der Waals surface area (Å²) >= 11 is 0. The Morgan fingerprint density at radius 3 is 2.20 bits per heavy atom. The van der Waals surface area contributed by atoms with Crippen molar-refractivity contribution in [2.75, 3.05) is 10.6 Å². The number of rotatable bonds is 5. The first-order valence-corrected chi connectivity index (χ1v) is 7.07. The molecule has 1 unspecified atom stereocenters. The zero-order valence-electron chi connectivity index (χ0n) is 11.9. The maximum Gasteiger partial charge on any atom is 0.319 e. The summed E-state index contributed by atoms with van der Waals surface area (Å²) in [6.07, 6.45) is 2.86. The molecule has 0 bridgehead atoms. The summed E-state index contributed by atoms with van der Waals surface area (Å²) in [5.41, 5.74) is 1.46. The summed E-state index contributed by atoms with van der Waals surface area (Å²) in [6.45, 7) is 3.97. The number of amides is 3. The fraction of sp³-hybridized carbons (Fsp3) is 0.467. The Morgan fingerprint density at radius 1 is 1.15 bits per heavy atom. The van der Waals surface area contributed by atoms with Crippen LogP contribution in [0, 0.1) is 5.92 Å². The van der Waals surface area contributed by atoms with Gasteiger partial charge in [-0.2, -0.15) is 0 Å². The van der Waals surface area contributed by atoms with Crippen molar-refractivity contribution in [2.24, 2.45) is 5.92 Å². The molecule has 3 amide bonds. The number of urea groups is 1. The fourth-order valence-corrected chi connectivity index (χ4v) is 1.72. The molecule has 1 fully saturated rings. The number of benzene rings is 1. The molecule has 0 spiro atoms. The van der Waals surface area contributed by atoms with E-state index in [1.54, 1.807) is 24.3 Å². The largest absolute Gasteiger partial charge is 0.335 e. The number of carbonyl (C=O) groups is 2. The maximum absolute atomic E-state index is 11.7. The van der Waals surface area contributed by atoms with Crippen LogP contribution >= 0.6 is 0 Å². The molecule has 3 N–H and O–H groups in total. The van der Waals surface area contributed by atoms with Gasteiger partial charge in [0.25, 0.3) is 0 Å². The smallest absolute Gasteiger partial charge is 0.319 e. The van der Waals surface area contributed by atoms with E-state index < -0.39 is 0 Å². The molecule has 1 aliphatic rings. The molecule has 20 heavy (non-hydrogen) atoms. The zero-order valence-corrected chi connectivity index (χ0v) is 11.9. The van der Waals surface area contributed by atoms with Crippen LogP contribution in [0.25, 0.3) is 0 Å². The first-order chi connectivity index (χ1) is 9.58. The van der Waals surface area contributed by atoms with Crippen molar-refractivity contribution in [1.82, 2.24) is 5.32 Å². The van der Waals surface area contributed by atoms with Gasteiger partial charge in [0.05, 0.1) is 0 Å². The third-order valence-electron chi connectivity index (χ3n) is 3.35. The second-order valence-electron chi connectivity index (χ2n) is 5.25. The van der Waals surface area contributed by atoms with Gasteiger partial charge in [0, 0.05) is 23.3 Å². The highest BCUT2D eigenvalue weighted by atomic mass is 16.2. The van der Waals surface area contributed by atoms with Crippen molar-refractivity contribution in [3.8, 4) is 0 Å². The van der Waals surface area contributed by atoms with Crippen molar-refractivity contribution in [3.05, 3.63) is 24.3 Å². The lowest BCUT2D eigenvalue weighted by molar-refractivity contribution is -0.117. The summed E-state index contributed by atoms with van der Waals surface area (Å²) in [7, 11) is 0. The topological polar surface area (TPSA) is 70.2 Å². The quantitative estimate of drug-likeness (QED) is 0.773. The Morgan fingerprint density at radius 2 is 1.70 bits per heavy atom. The van der Waals surface area contributed by atoms with E-state index in [9.17, 15) is 9.59 Å². The summed E-state index contributed by atoms with van der Waals surface area (Å²) < 4.78 is 0. The van der Waals surface area contributed by atoms with Gasteiger partial charge in [-0.05, 0) is 50.5 Å². The summed E-state index contributed by atoms with van der Waals surface area (Å²) in [5.74, 6) is 0.273. The third kappa shape index (κ3) is 4.26. The lowest BCUT2D eigenvalue weighted by atomic mass is 10.2. The first kappa shape index (κ1) is 14.4. The van der Waals surface area contributed by atoms with Crippen LogP contribution in [0.1, 0.15) is 33.1 Å². The molecule has 1 aliphatic carbocycles. The molecule has 0 heterocycles. The standard InChI is InChI=1S/C15H21N3O2/c1-3-10(2)16-15(20)18-13-8-6-12(7-9-13)17-14(19)11-4-5-11/h6-11H,3-5H2,1-2H3,(H,17,19)(H2,16,18,20). The zero-order chi connectivity index (χ0) is 14.5. The molecule has 108 valence electrons. The minimum absolute atomic E-state index is 0.0835. The van der Waals surface area contributed by atoms with E-state index in [0.717, 1.165) is 24.9 Å². The summed E-state index contributed by atoms with van der Waals surface area (Å²) in [4.78, 5) is 23.3. The van der Waals surface area contributed by atoms with Gasteiger partial charge in [0.15, 0.2) is 0 Å². The maximum atomic E-state index is 11.7. The highest BCUT2D eigenvalue weighted by Crippen LogP contribution is 2.30. The van der Waals surface area contributed by atoms with Crippen molar-refractivity contribution >= 4 is 23.3 Å². The molecule has 2 rings (SSSR count). The summed E-state index contributed by atoms with van der Waals surface area (Å²) in [5, 5.41) is 8.45. The van der Waals surface area contributed by atoms with Gasteiger partial charge >= 0.3 is 6.03 Å². The van der Waals surface area contributed by atoms with Crippen LogP contribution < -0.4 is 16.0 Å². The van der Waals surface area contributed by atoms with E-state index in [1.807, 2.05) is 13.8 Å². The van der Waals surface area contributed by atoms with Crippen molar-refractivity contribution in [3.63, 3.8) is 0 Å². The number of hydrogen-bond donors (Lipinski definition) is 3. The fourth-order valence-electron chi connectivity index (χ4n) is 1.72. The Labute approximate surface area is 119 Å². The highest BCUT2D eigenvalue weighted by molar-refractivity contribution is 5.94. The Kier molecular flexibility index (Phi) is 4.61. The number of nitrogens with one attached hydrogen (secondary N) is 3. The molecule has 1 aromatic rings. The number of carbonyl (C=O) groups excluding carboxylic acids is 2. The number of anilines is 2. The van der Waals surface area contributed by atoms with Crippen LogP contribution in [0.5, 0.6) is 0 Å². The monoisotopic (exact) mass is 275 g/mol. The van der Waals surface area contributed by atoms with Gasteiger partial charge in [-0.25, -0.2) is 4.79 Å². The van der Waals surface area contributed by atoms with E-state index in [2.05, 4.69) is 16.0 Å². The Hall–Kier alpha value is -2.04. The lowest BCUT2D eigenvalue weighted by Crippen LogP contribution is -2.35. The minimum Gasteiger partial charge on any atom is -0.335 e. The molecular weight excluding hydrogens is 254 g/mol. The molecule has 0 aromatic heterocycles. The van der Waals surface area contributed by atoms with E-state index in [-0.39, 0.29) is 23.9 Å². The van der Waals surface area contributed by atoms with Crippen LogP contribution in [0.2, 0.25) is 0 Å². The van der Waals surface area contributed by atoms with Crippen LogP contribution in [-0.2, 0) is 4.79 Å². The highest BCUT2D eigenvalue weighted by Gasteiger charge is 2.29. The predicted molar refractivity (Wildman–Crippen MR) is 79.7 cm³/mol. The van der Waals surface area contributed by atoms with E-state index in [1.165, 1.54) is 0 Å². The van der Waals surface area contributed by atoms with Gasteiger partial charge in [0.1, 0.15) is 0 Å². The molecule has 0 radical (unpaired) electrons. The molecule has 5 nitrogen and oxygen atoms in total. The molecule has 1 saturated carbocycles. The molecule has 1 aromatic carbocycles. The number of hydrogen-bond acceptors (Lipinski definition) is 2. The predicted octanol–water partition coefficient (Wildman–Crippen LogP) is 2.96. The normalized spacial score (nSPS) is 15.3. The summed E-state index contributed by atoms with van der Waals surface area (Å²) in [6, 6.07) is 7.07. The average molecular weight is 275 g/mol. The molecular formula is C15H21N3O2. The minimum atomic E-state index is -0.214. The Balaban J connectivity index is 1.84. The lowest BCUT2D eigenvalue weighted by Gasteiger charge is -2.12. The molecule has 5 heteroatoms. The second kappa shape index (κ2) is 6.41. The average Bonchev–Trinajstić information content (AvgIpc) is 3.25. The second-order valence-corrected chi connectivity index (χ2v) is 5.25. The Bertz CT molecular complexity index is 480. The molecule has 0 aliphatic heterocycles. The van der Waals surface area contributed by atoms with E-state index in [0.29, 0.717) is 5.69 Å². The van der Waals surface area contributed by atoms with Gasteiger partial charge in [-0.3, -0.25) is 4.79 Å². The third-order valence-corrected chi connectivity index (χ3v) is 3.35. The van der Waals surface area contributed by atoms with E-state index in [4.69, 9.17) is 0 Å². The van der Waals surface area contributed by atoms with Gasteiger partial charge < -0.3 is 16.0 Å². The van der Waals surface area contributed by atoms with Crippen molar-refractivity contribution in [2.45, 2.75) is 39.2 Å². The van der Waals surface area contributed by atoms with Gasteiger partial charge in [-0.15, -0.1) is 0 Å². The van der Waals surface area contributed by atoms with Crippen LogP contribution in [0.4, 0.5) is 16.2 Å². The van der Waals surface area contributed by atoms with Gasteiger partial charge in [-0.1, -0.05) is 6.92 Å². The SMILES string of the molecule is CCC(C)NC(=O)Nc1ccc(NC(=O)C2CC2)cc1. The van der Waals surface area contributed by atoms with E-state index >= 15 is 0 Å². The van der Waals surface area contributed by atoms with Crippen molar-refractivity contribution < 1.29 is 9.59 Å². The van der Waals surface area contributed by atoms with Crippen LogP contribution in [0.15, 0.2) is 24.3 Å². The first-order valence-electron chi connectivity index (χ1n) is 7.07. The van der Waals surface area contributed by atoms with Crippen LogP contribution in [0.3, 0.4) is 0 Å².